The van der Waals surface area contributed by atoms with Gasteiger partial charge in [-0.1, -0.05) is 74.9 Å². The van der Waals surface area contributed by atoms with Gasteiger partial charge >= 0.3 is 0 Å². The van der Waals surface area contributed by atoms with E-state index in [2.05, 4.69) is 81.5 Å². The molecule has 0 aliphatic heterocycles. The van der Waals surface area contributed by atoms with E-state index < -0.39 is 0 Å². The van der Waals surface area contributed by atoms with Gasteiger partial charge in [0.2, 0.25) is 5.91 Å². The molecule has 2 aromatic rings. The Hall–Kier alpha value is -2.35. The normalized spacial score (nSPS) is 11.7. The Morgan fingerprint density at radius 3 is 2.44 bits per heavy atom. The first kappa shape index (κ1) is 19.0. The van der Waals surface area contributed by atoms with Crippen LogP contribution in [0.15, 0.2) is 54.6 Å². The van der Waals surface area contributed by atoms with Crippen LogP contribution in [0.5, 0.6) is 0 Å². The Labute approximate surface area is 152 Å². The molecule has 0 aliphatic carbocycles. The van der Waals surface area contributed by atoms with Crippen molar-refractivity contribution < 1.29 is 4.79 Å². The van der Waals surface area contributed by atoms with Gasteiger partial charge in [-0.2, -0.15) is 0 Å². The van der Waals surface area contributed by atoms with Crippen LogP contribution in [0, 0.1) is 6.92 Å². The highest BCUT2D eigenvalue weighted by atomic mass is 16.1. The van der Waals surface area contributed by atoms with E-state index in [0.29, 0.717) is 6.54 Å². The van der Waals surface area contributed by atoms with Crippen molar-refractivity contribution in [1.82, 2.24) is 5.32 Å². The molecule has 0 unspecified atom stereocenters. The maximum absolute atomic E-state index is 11.9. The first-order valence-electron chi connectivity index (χ1n) is 8.96. The van der Waals surface area contributed by atoms with E-state index >= 15 is 0 Å². The highest BCUT2D eigenvalue weighted by Gasteiger charge is 2.12. The van der Waals surface area contributed by atoms with E-state index in [9.17, 15) is 4.79 Å². The molecule has 1 amide bonds. The maximum atomic E-state index is 11.9. The summed E-state index contributed by atoms with van der Waals surface area (Å²) < 4.78 is 0. The lowest BCUT2D eigenvalue weighted by Crippen LogP contribution is -2.22. The summed E-state index contributed by atoms with van der Waals surface area (Å²) in [6.45, 7) is 9.39. The van der Waals surface area contributed by atoms with Crippen LogP contribution in [0.25, 0.3) is 6.08 Å². The van der Waals surface area contributed by atoms with E-state index in [1.165, 1.54) is 16.7 Å². The number of rotatable bonds is 6. The zero-order valence-electron chi connectivity index (χ0n) is 15.8. The van der Waals surface area contributed by atoms with Crippen LogP contribution in [-0.2, 0) is 16.6 Å². The van der Waals surface area contributed by atoms with Gasteiger partial charge in [0.25, 0.3) is 0 Å². The van der Waals surface area contributed by atoms with Crippen molar-refractivity contribution in [1.29, 1.82) is 0 Å². The topological polar surface area (TPSA) is 29.1 Å². The van der Waals surface area contributed by atoms with Crippen LogP contribution in [0.3, 0.4) is 0 Å². The van der Waals surface area contributed by atoms with E-state index in [4.69, 9.17) is 0 Å². The second-order valence-corrected chi connectivity index (χ2v) is 7.59. The summed E-state index contributed by atoms with van der Waals surface area (Å²) in [4.78, 5) is 11.9. The third-order valence-electron chi connectivity index (χ3n) is 4.23. The third kappa shape index (κ3) is 6.58. The molecular weight excluding hydrogens is 306 g/mol. The first-order chi connectivity index (χ1) is 11.8. The number of carbonyl (C=O) groups excluding carboxylic acids is 1. The predicted molar refractivity (Wildman–Crippen MR) is 107 cm³/mol. The standard InChI is InChI=1S/C23H29NO/c1-18-7-5-8-20(17-18)9-6-16-24-22(25)15-12-19-10-13-21(14-11-19)23(2,3)4/h5,7-8,10-15,17H,6,9,16H2,1-4H3,(H,24,25)/b15-12+. The lowest BCUT2D eigenvalue weighted by atomic mass is 9.87. The summed E-state index contributed by atoms with van der Waals surface area (Å²) in [6, 6.07) is 16.9. The van der Waals surface area contributed by atoms with E-state index in [1.807, 2.05) is 6.08 Å². The molecular formula is C23H29NO. The summed E-state index contributed by atoms with van der Waals surface area (Å²) in [5.41, 5.74) is 5.09. The lowest BCUT2D eigenvalue weighted by Gasteiger charge is -2.18. The highest BCUT2D eigenvalue weighted by Crippen LogP contribution is 2.22. The zero-order valence-corrected chi connectivity index (χ0v) is 15.8. The zero-order chi connectivity index (χ0) is 18.3. The van der Waals surface area contributed by atoms with E-state index in [0.717, 1.165) is 18.4 Å². The maximum Gasteiger partial charge on any atom is 0.243 e. The average molecular weight is 335 g/mol. The fourth-order valence-electron chi connectivity index (χ4n) is 2.70. The van der Waals surface area contributed by atoms with Gasteiger partial charge in [-0.3, -0.25) is 4.79 Å². The molecule has 0 heterocycles. The Morgan fingerprint density at radius 1 is 1.08 bits per heavy atom. The van der Waals surface area contributed by atoms with Gasteiger partial charge in [0.1, 0.15) is 0 Å². The number of aryl methyl sites for hydroxylation is 2. The molecule has 0 aromatic heterocycles. The van der Waals surface area contributed by atoms with Gasteiger partial charge in [-0.15, -0.1) is 0 Å². The summed E-state index contributed by atoms with van der Waals surface area (Å²) >= 11 is 0. The summed E-state index contributed by atoms with van der Waals surface area (Å²) in [7, 11) is 0. The van der Waals surface area contributed by atoms with Gasteiger partial charge in [-0.25, -0.2) is 0 Å². The van der Waals surface area contributed by atoms with E-state index in [1.54, 1.807) is 6.08 Å². The SMILES string of the molecule is Cc1cccc(CCCNC(=O)/C=C/c2ccc(C(C)(C)C)cc2)c1. The quantitative estimate of drug-likeness (QED) is 0.580. The summed E-state index contributed by atoms with van der Waals surface area (Å²) in [5.74, 6) is -0.0378. The van der Waals surface area contributed by atoms with Crippen LogP contribution < -0.4 is 5.32 Å². The van der Waals surface area contributed by atoms with Gasteiger partial charge in [0.05, 0.1) is 0 Å². The van der Waals surface area contributed by atoms with Crippen molar-refractivity contribution >= 4 is 12.0 Å². The Bertz CT molecular complexity index is 721. The van der Waals surface area contributed by atoms with E-state index in [-0.39, 0.29) is 11.3 Å². The molecule has 0 fully saturated rings. The van der Waals surface area contributed by atoms with Crippen molar-refractivity contribution in [3.63, 3.8) is 0 Å². The van der Waals surface area contributed by atoms with Crippen LogP contribution in [0.1, 0.15) is 49.4 Å². The van der Waals surface area contributed by atoms with Crippen LogP contribution in [0.2, 0.25) is 0 Å². The summed E-state index contributed by atoms with van der Waals surface area (Å²) in [6.07, 6.45) is 5.41. The second kappa shape index (κ2) is 8.66. The van der Waals surface area contributed by atoms with Crippen LogP contribution in [0.4, 0.5) is 0 Å². The van der Waals surface area contributed by atoms with Crippen molar-refractivity contribution in [3.8, 4) is 0 Å². The molecule has 132 valence electrons. The Kier molecular flexibility index (Phi) is 6.58. The average Bonchev–Trinajstić information content (AvgIpc) is 2.56. The molecule has 2 rings (SSSR count). The smallest absolute Gasteiger partial charge is 0.243 e. The molecule has 2 aromatic carbocycles. The van der Waals surface area contributed by atoms with Gasteiger partial charge in [-0.05, 0) is 47.9 Å². The first-order valence-corrected chi connectivity index (χ1v) is 8.96. The lowest BCUT2D eigenvalue weighted by molar-refractivity contribution is -0.116. The fraction of sp³-hybridized carbons (Fsp3) is 0.348. The molecule has 0 saturated heterocycles. The number of hydrogen-bond donors (Lipinski definition) is 1. The molecule has 0 spiro atoms. The van der Waals surface area contributed by atoms with Crippen molar-refractivity contribution in [2.45, 2.75) is 46.0 Å². The second-order valence-electron chi connectivity index (χ2n) is 7.59. The molecule has 2 nitrogen and oxygen atoms in total. The molecule has 1 N–H and O–H groups in total. The minimum absolute atomic E-state index is 0.0378. The van der Waals surface area contributed by atoms with Gasteiger partial charge < -0.3 is 5.32 Å². The number of amides is 1. The number of carbonyl (C=O) groups is 1. The molecule has 0 saturated carbocycles. The van der Waals surface area contributed by atoms with Crippen LogP contribution in [-0.4, -0.2) is 12.5 Å². The molecule has 2 heteroatoms. The molecule has 0 atom stereocenters. The minimum Gasteiger partial charge on any atom is -0.353 e. The molecule has 25 heavy (non-hydrogen) atoms. The fourth-order valence-corrected chi connectivity index (χ4v) is 2.70. The number of nitrogens with one attached hydrogen (secondary N) is 1. The molecule has 0 radical (unpaired) electrons. The largest absolute Gasteiger partial charge is 0.353 e. The van der Waals surface area contributed by atoms with Crippen molar-refractivity contribution in [3.05, 3.63) is 76.9 Å². The van der Waals surface area contributed by atoms with Crippen molar-refractivity contribution in [2.75, 3.05) is 6.54 Å². The Balaban J connectivity index is 1.75. The highest BCUT2D eigenvalue weighted by molar-refractivity contribution is 5.91. The predicted octanol–water partition coefficient (Wildman–Crippen LogP) is 5.05. The van der Waals surface area contributed by atoms with Crippen molar-refractivity contribution in [2.24, 2.45) is 0 Å². The number of hydrogen-bond acceptors (Lipinski definition) is 1. The van der Waals surface area contributed by atoms with Crippen LogP contribution >= 0.6 is 0 Å². The van der Waals surface area contributed by atoms with Gasteiger partial charge in [0.15, 0.2) is 0 Å². The van der Waals surface area contributed by atoms with Gasteiger partial charge in [0, 0.05) is 12.6 Å². The third-order valence-corrected chi connectivity index (χ3v) is 4.23. The monoisotopic (exact) mass is 335 g/mol. The minimum atomic E-state index is -0.0378. The molecule has 0 aliphatic rings. The number of benzene rings is 2. The molecule has 0 bridgehead atoms. The Morgan fingerprint density at radius 2 is 1.80 bits per heavy atom. The summed E-state index contributed by atoms with van der Waals surface area (Å²) in [5, 5.41) is 2.95.